The Labute approximate surface area is 187 Å². The molecule has 0 saturated heterocycles. The summed E-state index contributed by atoms with van der Waals surface area (Å²) in [5.41, 5.74) is 2.38. The van der Waals surface area contributed by atoms with E-state index in [4.69, 9.17) is 9.97 Å². The Morgan fingerprint density at radius 1 is 1.03 bits per heavy atom. The van der Waals surface area contributed by atoms with Crippen LogP contribution in [0.25, 0.3) is 0 Å². The average molecular weight is 445 g/mol. The fourth-order valence-electron chi connectivity index (χ4n) is 4.51. The van der Waals surface area contributed by atoms with Gasteiger partial charge in [-0.25, -0.2) is 18.6 Å². The summed E-state index contributed by atoms with van der Waals surface area (Å²) >= 11 is 0. The second-order valence-corrected chi connectivity index (χ2v) is 8.81. The quantitative estimate of drug-likeness (QED) is 0.643. The molecular formula is C23H30F2N6O. The second kappa shape index (κ2) is 9.67. The Balaban J connectivity index is 1.30. The Bertz CT molecular complexity index is 975. The summed E-state index contributed by atoms with van der Waals surface area (Å²) in [6, 6.07) is 2.82. The van der Waals surface area contributed by atoms with Crippen molar-refractivity contribution in [3.8, 4) is 0 Å². The van der Waals surface area contributed by atoms with Crippen molar-refractivity contribution in [1.82, 2.24) is 15.3 Å². The van der Waals surface area contributed by atoms with E-state index in [-0.39, 0.29) is 17.8 Å². The lowest BCUT2D eigenvalue weighted by atomic mass is 9.91. The Morgan fingerprint density at radius 2 is 1.75 bits per heavy atom. The van der Waals surface area contributed by atoms with Gasteiger partial charge in [0, 0.05) is 37.8 Å². The molecular weight excluding hydrogens is 414 g/mol. The molecule has 1 heterocycles. The highest BCUT2D eigenvalue weighted by Crippen LogP contribution is 2.29. The van der Waals surface area contributed by atoms with E-state index in [1.165, 1.54) is 18.1 Å². The molecule has 7 nitrogen and oxygen atoms in total. The minimum atomic E-state index is -0.796. The standard InChI is InChI=1S/C23H30F2N6O/c1-31(2)21-17-5-3-4-6-19(17)28-22(30-21)26-15-8-10-16(11-9-15)27-23(32)29-20-12-7-14(24)13-18(20)25/h7,12-13,15-16H,3-6,8-11H2,1-2H3,(H,26,28,30)(H2,27,29,32)/t15-,16+. The molecule has 2 aromatic rings. The van der Waals surface area contributed by atoms with Crippen molar-refractivity contribution in [2.45, 2.75) is 63.5 Å². The first-order valence-corrected chi connectivity index (χ1v) is 11.3. The zero-order chi connectivity index (χ0) is 22.7. The number of fused-ring (bicyclic) bond motifs is 1. The molecule has 1 saturated carbocycles. The lowest BCUT2D eigenvalue weighted by Gasteiger charge is -2.30. The van der Waals surface area contributed by atoms with Crippen LogP contribution in [-0.4, -0.2) is 42.2 Å². The van der Waals surface area contributed by atoms with Crippen LogP contribution in [0.15, 0.2) is 18.2 Å². The summed E-state index contributed by atoms with van der Waals surface area (Å²) in [6.07, 6.45) is 7.70. The van der Waals surface area contributed by atoms with Crippen molar-refractivity contribution in [3.63, 3.8) is 0 Å². The highest BCUT2D eigenvalue weighted by Gasteiger charge is 2.25. The highest BCUT2D eigenvalue weighted by molar-refractivity contribution is 5.89. The number of hydrogen-bond donors (Lipinski definition) is 3. The third-order valence-electron chi connectivity index (χ3n) is 6.16. The molecule has 2 aliphatic rings. The van der Waals surface area contributed by atoms with Crippen LogP contribution < -0.4 is 20.9 Å². The van der Waals surface area contributed by atoms with E-state index < -0.39 is 17.7 Å². The molecule has 2 amide bonds. The molecule has 1 aromatic heterocycles. The Hall–Kier alpha value is -2.97. The van der Waals surface area contributed by atoms with E-state index in [1.807, 2.05) is 14.1 Å². The van der Waals surface area contributed by atoms with Gasteiger partial charge in [0.25, 0.3) is 0 Å². The molecule has 3 N–H and O–H groups in total. The van der Waals surface area contributed by atoms with E-state index in [2.05, 4.69) is 20.9 Å². The summed E-state index contributed by atoms with van der Waals surface area (Å²) in [5.74, 6) is 0.197. The van der Waals surface area contributed by atoms with E-state index in [1.54, 1.807) is 0 Å². The number of aryl methyl sites for hydroxylation is 1. The summed E-state index contributed by atoms with van der Waals surface area (Å²) < 4.78 is 26.7. The summed E-state index contributed by atoms with van der Waals surface area (Å²) in [4.78, 5) is 23.8. The molecule has 4 rings (SSSR count). The molecule has 0 spiro atoms. The molecule has 0 bridgehead atoms. The normalized spacial score (nSPS) is 20.2. The maximum Gasteiger partial charge on any atom is 0.319 e. The van der Waals surface area contributed by atoms with Gasteiger partial charge in [0.15, 0.2) is 0 Å². The zero-order valence-corrected chi connectivity index (χ0v) is 18.5. The number of carbonyl (C=O) groups is 1. The predicted molar refractivity (Wildman–Crippen MR) is 121 cm³/mol. The number of halogens is 2. The lowest BCUT2D eigenvalue weighted by molar-refractivity contribution is 0.243. The van der Waals surface area contributed by atoms with Crippen molar-refractivity contribution < 1.29 is 13.6 Å². The minimum Gasteiger partial charge on any atom is -0.362 e. The van der Waals surface area contributed by atoms with Gasteiger partial charge in [0.05, 0.1) is 11.4 Å². The molecule has 0 unspecified atom stereocenters. The smallest absolute Gasteiger partial charge is 0.319 e. The van der Waals surface area contributed by atoms with Crippen molar-refractivity contribution >= 4 is 23.5 Å². The third kappa shape index (κ3) is 5.26. The van der Waals surface area contributed by atoms with Gasteiger partial charge in [-0.15, -0.1) is 0 Å². The Morgan fingerprint density at radius 3 is 2.47 bits per heavy atom. The number of anilines is 3. The first kappa shape index (κ1) is 22.2. The van der Waals surface area contributed by atoms with Crippen molar-refractivity contribution in [2.75, 3.05) is 29.6 Å². The number of hydrogen-bond acceptors (Lipinski definition) is 5. The van der Waals surface area contributed by atoms with Crippen LogP contribution >= 0.6 is 0 Å². The SMILES string of the molecule is CN(C)c1nc(N[C@H]2CC[C@@H](NC(=O)Nc3ccc(F)cc3F)CC2)nc2c1CCCC2. The molecule has 0 radical (unpaired) electrons. The molecule has 0 aliphatic heterocycles. The molecule has 9 heteroatoms. The number of urea groups is 1. The van der Waals surface area contributed by atoms with E-state index in [0.717, 1.165) is 68.6 Å². The zero-order valence-electron chi connectivity index (χ0n) is 18.5. The van der Waals surface area contributed by atoms with Crippen LogP contribution in [0.5, 0.6) is 0 Å². The molecule has 1 fully saturated rings. The Kier molecular flexibility index (Phi) is 6.72. The van der Waals surface area contributed by atoms with Gasteiger partial charge in [-0.3, -0.25) is 0 Å². The summed E-state index contributed by atoms with van der Waals surface area (Å²) in [6.45, 7) is 0. The number of aromatic nitrogens is 2. The fourth-order valence-corrected chi connectivity index (χ4v) is 4.51. The first-order valence-electron chi connectivity index (χ1n) is 11.3. The van der Waals surface area contributed by atoms with Gasteiger partial charge in [0.2, 0.25) is 5.95 Å². The number of amides is 2. The number of nitrogens with one attached hydrogen (secondary N) is 3. The van der Waals surface area contributed by atoms with Crippen molar-refractivity contribution in [1.29, 1.82) is 0 Å². The maximum atomic E-state index is 13.7. The van der Waals surface area contributed by atoms with Gasteiger partial charge in [-0.2, -0.15) is 4.98 Å². The monoisotopic (exact) mass is 444 g/mol. The molecule has 172 valence electrons. The summed E-state index contributed by atoms with van der Waals surface area (Å²) in [7, 11) is 4.03. The van der Waals surface area contributed by atoms with Gasteiger partial charge in [-0.05, 0) is 63.5 Å². The number of rotatable bonds is 5. The molecule has 2 aliphatic carbocycles. The second-order valence-electron chi connectivity index (χ2n) is 8.81. The topological polar surface area (TPSA) is 82.2 Å². The molecule has 32 heavy (non-hydrogen) atoms. The first-order chi connectivity index (χ1) is 15.4. The summed E-state index contributed by atoms with van der Waals surface area (Å²) in [5, 5.41) is 8.82. The minimum absolute atomic E-state index is 0.00153. The highest BCUT2D eigenvalue weighted by atomic mass is 19.1. The largest absolute Gasteiger partial charge is 0.362 e. The van der Waals surface area contributed by atoms with Gasteiger partial charge < -0.3 is 20.9 Å². The van der Waals surface area contributed by atoms with Crippen LogP contribution in [0.3, 0.4) is 0 Å². The van der Waals surface area contributed by atoms with Crippen LogP contribution in [0, 0.1) is 11.6 Å². The van der Waals surface area contributed by atoms with E-state index >= 15 is 0 Å². The molecule has 0 atom stereocenters. The maximum absolute atomic E-state index is 13.7. The molecule has 1 aromatic carbocycles. The van der Waals surface area contributed by atoms with Gasteiger partial charge >= 0.3 is 6.03 Å². The number of benzene rings is 1. The number of nitrogens with zero attached hydrogens (tertiary/aromatic N) is 3. The average Bonchev–Trinajstić information content (AvgIpc) is 2.76. The number of carbonyl (C=O) groups excluding carboxylic acids is 1. The van der Waals surface area contributed by atoms with Crippen LogP contribution in [0.2, 0.25) is 0 Å². The third-order valence-corrected chi connectivity index (χ3v) is 6.16. The van der Waals surface area contributed by atoms with Crippen LogP contribution in [0.1, 0.15) is 49.8 Å². The van der Waals surface area contributed by atoms with Crippen LogP contribution in [-0.2, 0) is 12.8 Å². The van der Waals surface area contributed by atoms with Crippen LogP contribution in [0.4, 0.5) is 31.0 Å². The lowest BCUT2D eigenvalue weighted by Crippen LogP contribution is -2.42. The predicted octanol–water partition coefficient (Wildman–Crippen LogP) is 4.24. The van der Waals surface area contributed by atoms with E-state index in [9.17, 15) is 13.6 Å². The fraction of sp³-hybridized carbons (Fsp3) is 0.522. The van der Waals surface area contributed by atoms with Gasteiger partial charge in [0.1, 0.15) is 17.5 Å². The van der Waals surface area contributed by atoms with Crippen molar-refractivity contribution in [2.24, 2.45) is 0 Å². The van der Waals surface area contributed by atoms with E-state index in [0.29, 0.717) is 5.95 Å². The van der Waals surface area contributed by atoms with Crippen molar-refractivity contribution in [3.05, 3.63) is 41.1 Å². The van der Waals surface area contributed by atoms with Gasteiger partial charge in [-0.1, -0.05) is 0 Å².